The maximum absolute atomic E-state index is 13.1. The van der Waals surface area contributed by atoms with Crippen LogP contribution in [0.1, 0.15) is 48.5 Å². The van der Waals surface area contributed by atoms with Gasteiger partial charge in [-0.15, -0.1) is 0 Å². The predicted molar refractivity (Wildman–Crippen MR) is 122 cm³/mol. The molecule has 0 aromatic heterocycles. The Morgan fingerprint density at radius 1 is 0.844 bits per heavy atom. The van der Waals surface area contributed by atoms with Crippen LogP contribution in [0.3, 0.4) is 0 Å². The molecule has 162 valence electrons. The number of ether oxygens (including phenoxy) is 1. The highest BCUT2D eigenvalue weighted by molar-refractivity contribution is 6.14. The van der Waals surface area contributed by atoms with Gasteiger partial charge in [0.25, 0.3) is 5.91 Å². The number of hydrogen-bond donors (Lipinski definition) is 0. The van der Waals surface area contributed by atoms with Crippen LogP contribution in [0.15, 0.2) is 66.7 Å². The van der Waals surface area contributed by atoms with Crippen molar-refractivity contribution in [1.29, 1.82) is 0 Å². The summed E-state index contributed by atoms with van der Waals surface area (Å²) in [6, 6.07) is 20.0. The Kier molecular flexibility index (Phi) is 6.17. The van der Waals surface area contributed by atoms with Gasteiger partial charge >= 0.3 is 5.97 Å². The van der Waals surface area contributed by atoms with Gasteiger partial charge in [0.2, 0.25) is 0 Å². The first-order valence-electron chi connectivity index (χ1n) is 10.7. The number of aryl methyl sites for hydroxylation is 2. The van der Waals surface area contributed by atoms with Crippen molar-refractivity contribution in [1.82, 2.24) is 4.90 Å². The van der Waals surface area contributed by atoms with Crippen molar-refractivity contribution in [3.05, 3.63) is 106 Å². The highest BCUT2D eigenvalue weighted by Gasteiger charge is 2.23. The number of rotatable bonds is 5. The summed E-state index contributed by atoms with van der Waals surface area (Å²) in [5.74, 6) is -1.17. The minimum Gasteiger partial charge on any atom is -0.452 e. The Balaban J connectivity index is 1.45. The standard InChI is InChI=1S/C27H25NO4/c1-18-11-12-21(15-19(18)2)26(30)23-9-5-6-10-24(23)27(31)32-17-25(29)28-14-13-20-7-3-4-8-22(20)16-28/h3-12,15H,13-14,16-17H2,1-2H3. The number of hydrogen-bond acceptors (Lipinski definition) is 4. The van der Waals surface area contributed by atoms with E-state index in [9.17, 15) is 14.4 Å². The van der Waals surface area contributed by atoms with Crippen LogP contribution in [-0.2, 0) is 22.5 Å². The van der Waals surface area contributed by atoms with Gasteiger partial charge in [0, 0.05) is 24.2 Å². The lowest BCUT2D eigenvalue weighted by molar-refractivity contribution is -0.135. The molecule has 0 radical (unpaired) electrons. The Morgan fingerprint density at radius 3 is 2.28 bits per heavy atom. The fourth-order valence-corrected chi connectivity index (χ4v) is 3.90. The molecule has 1 aliphatic heterocycles. The van der Waals surface area contributed by atoms with Gasteiger partial charge in [0.1, 0.15) is 0 Å². The Labute approximate surface area is 187 Å². The van der Waals surface area contributed by atoms with Crippen molar-refractivity contribution < 1.29 is 19.1 Å². The van der Waals surface area contributed by atoms with Crippen molar-refractivity contribution >= 4 is 17.7 Å². The fourth-order valence-electron chi connectivity index (χ4n) is 3.90. The molecule has 0 aliphatic carbocycles. The average molecular weight is 428 g/mol. The summed E-state index contributed by atoms with van der Waals surface area (Å²) in [4.78, 5) is 40.1. The molecule has 32 heavy (non-hydrogen) atoms. The third-order valence-corrected chi connectivity index (χ3v) is 5.97. The molecular formula is C27H25NO4. The fraction of sp³-hybridized carbons (Fsp3) is 0.222. The molecule has 0 atom stereocenters. The maximum Gasteiger partial charge on any atom is 0.339 e. The molecular weight excluding hydrogens is 402 g/mol. The second kappa shape index (κ2) is 9.18. The van der Waals surface area contributed by atoms with Crippen LogP contribution < -0.4 is 0 Å². The van der Waals surface area contributed by atoms with E-state index in [0.717, 1.165) is 23.1 Å². The van der Waals surface area contributed by atoms with Crippen molar-refractivity contribution in [3.63, 3.8) is 0 Å². The topological polar surface area (TPSA) is 63.7 Å². The molecule has 1 amide bonds. The van der Waals surface area contributed by atoms with E-state index >= 15 is 0 Å². The summed E-state index contributed by atoms with van der Waals surface area (Å²) in [6.07, 6.45) is 0.781. The van der Waals surface area contributed by atoms with Gasteiger partial charge in [-0.2, -0.15) is 0 Å². The van der Waals surface area contributed by atoms with Gasteiger partial charge < -0.3 is 9.64 Å². The number of benzene rings is 3. The summed E-state index contributed by atoms with van der Waals surface area (Å²) in [7, 11) is 0. The molecule has 0 N–H and O–H groups in total. The molecule has 0 saturated heterocycles. The van der Waals surface area contributed by atoms with Crippen LogP contribution in [0.5, 0.6) is 0 Å². The SMILES string of the molecule is Cc1ccc(C(=O)c2ccccc2C(=O)OCC(=O)N2CCc3ccccc3C2)cc1C. The summed E-state index contributed by atoms with van der Waals surface area (Å²) >= 11 is 0. The number of fused-ring (bicyclic) bond motifs is 1. The first kappa shape index (κ1) is 21.5. The highest BCUT2D eigenvalue weighted by Crippen LogP contribution is 2.20. The summed E-state index contributed by atoms with van der Waals surface area (Å²) in [5.41, 5.74) is 5.39. The van der Waals surface area contributed by atoms with Crippen LogP contribution in [0.2, 0.25) is 0 Å². The minimum absolute atomic E-state index is 0.160. The van der Waals surface area contributed by atoms with E-state index in [1.54, 1.807) is 35.2 Å². The highest BCUT2D eigenvalue weighted by atomic mass is 16.5. The average Bonchev–Trinajstić information content (AvgIpc) is 2.83. The van der Waals surface area contributed by atoms with Gasteiger partial charge in [-0.05, 0) is 54.7 Å². The van der Waals surface area contributed by atoms with Gasteiger partial charge in [-0.25, -0.2) is 4.79 Å². The number of carbonyl (C=O) groups excluding carboxylic acids is 3. The molecule has 0 unspecified atom stereocenters. The Morgan fingerprint density at radius 2 is 1.53 bits per heavy atom. The van der Waals surface area contributed by atoms with Crippen LogP contribution in [0.4, 0.5) is 0 Å². The van der Waals surface area contributed by atoms with Crippen LogP contribution >= 0.6 is 0 Å². The quantitative estimate of drug-likeness (QED) is 0.450. The van der Waals surface area contributed by atoms with Crippen LogP contribution in [-0.4, -0.2) is 35.7 Å². The zero-order valence-electron chi connectivity index (χ0n) is 18.3. The molecule has 4 rings (SSSR count). The molecule has 0 bridgehead atoms. The monoisotopic (exact) mass is 427 g/mol. The molecule has 0 fully saturated rings. The van der Waals surface area contributed by atoms with Crippen molar-refractivity contribution in [3.8, 4) is 0 Å². The second-order valence-electron chi connectivity index (χ2n) is 8.08. The summed E-state index contributed by atoms with van der Waals surface area (Å²) in [5, 5.41) is 0. The van der Waals surface area contributed by atoms with Gasteiger partial charge in [-0.1, -0.05) is 54.6 Å². The summed E-state index contributed by atoms with van der Waals surface area (Å²) < 4.78 is 5.32. The van der Waals surface area contributed by atoms with Crippen molar-refractivity contribution in [2.24, 2.45) is 0 Å². The zero-order chi connectivity index (χ0) is 22.7. The van der Waals surface area contributed by atoms with Crippen LogP contribution in [0.25, 0.3) is 0 Å². The lowest BCUT2D eigenvalue weighted by Gasteiger charge is -2.28. The normalized spacial score (nSPS) is 12.8. The first-order valence-corrected chi connectivity index (χ1v) is 10.7. The number of amides is 1. The maximum atomic E-state index is 13.1. The Hall–Kier alpha value is -3.73. The Bertz CT molecular complexity index is 1200. The lowest BCUT2D eigenvalue weighted by Crippen LogP contribution is -2.38. The smallest absolute Gasteiger partial charge is 0.339 e. The number of carbonyl (C=O) groups is 3. The van der Waals surface area contributed by atoms with Crippen molar-refractivity contribution in [2.75, 3.05) is 13.2 Å². The third-order valence-electron chi connectivity index (χ3n) is 5.97. The minimum atomic E-state index is -0.677. The molecule has 5 heteroatoms. The number of ketones is 1. The molecule has 1 heterocycles. The van der Waals surface area contributed by atoms with E-state index in [1.165, 1.54) is 5.56 Å². The molecule has 5 nitrogen and oxygen atoms in total. The predicted octanol–water partition coefficient (Wildman–Crippen LogP) is 4.28. The van der Waals surface area contributed by atoms with E-state index in [1.807, 2.05) is 44.2 Å². The number of nitrogens with zero attached hydrogens (tertiary/aromatic N) is 1. The molecule has 0 saturated carbocycles. The molecule has 3 aromatic rings. The lowest BCUT2D eigenvalue weighted by atomic mass is 9.96. The number of esters is 1. The van der Waals surface area contributed by atoms with Gasteiger partial charge in [0.15, 0.2) is 12.4 Å². The third kappa shape index (κ3) is 4.47. The largest absolute Gasteiger partial charge is 0.452 e. The van der Waals surface area contributed by atoms with Crippen LogP contribution in [0, 0.1) is 13.8 Å². The van der Waals surface area contributed by atoms with E-state index in [-0.39, 0.29) is 29.4 Å². The van der Waals surface area contributed by atoms with Gasteiger partial charge in [-0.3, -0.25) is 9.59 Å². The first-order chi connectivity index (χ1) is 15.4. The van der Waals surface area contributed by atoms with E-state index in [0.29, 0.717) is 18.7 Å². The molecule has 3 aromatic carbocycles. The molecule has 0 spiro atoms. The van der Waals surface area contributed by atoms with E-state index < -0.39 is 5.97 Å². The molecule has 1 aliphatic rings. The van der Waals surface area contributed by atoms with Gasteiger partial charge in [0.05, 0.1) is 5.56 Å². The van der Waals surface area contributed by atoms with E-state index in [4.69, 9.17) is 4.74 Å². The van der Waals surface area contributed by atoms with Crippen molar-refractivity contribution in [2.45, 2.75) is 26.8 Å². The zero-order valence-corrected chi connectivity index (χ0v) is 18.3. The van der Waals surface area contributed by atoms with E-state index in [2.05, 4.69) is 6.07 Å². The summed E-state index contributed by atoms with van der Waals surface area (Å²) in [6.45, 7) is 4.67. The second-order valence-corrected chi connectivity index (χ2v) is 8.08.